The Morgan fingerprint density at radius 2 is 1.58 bits per heavy atom. The zero-order valence-corrected chi connectivity index (χ0v) is 16.6. The van der Waals surface area contributed by atoms with Crippen LogP contribution in [-0.2, 0) is 19.1 Å². The zero-order chi connectivity index (χ0) is 19.4. The Labute approximate surface area is 165 Å². The van der Waals surface area contributed by atoms with Crippen molar-refractivity contribution in [3.8, 4) is 0 Å². The lowest BCUT2D eigenvalue weighted by Gasteiger charge is -2.13. The zero-order valence-electron chi connectivity index (χ0n) is 14.2. The lowest BCUT2D eigenvalue weighted by molar-refractivity contribution is -0.144. The second kappa shape index (κ2) is 14.4. The largest absolute Gasteiger partial charge is 0.468 e. The Balaban J connectivity index is 0. The van der Waals surface area contributed by atoms with Gasteiger partial charge in [-0.05, 0) is 24.3 Å². The molecule has 1 amide bonds. The first kappa shape index (κ1) is 26.5. The van der Waals surface area contributed by atoms with Crippen LogP contribution < -0.4 is 11.1 Å². The van der Waals surface area contributed by atoms with Gasteiger partial charge >= 0.3 is 11.9 Å². The maximum atomic E-state index is 11.7. The number of rotatable bonds is 6. The molecule has 0 aliphatic heterocycles. The van der Waals surface area contributed by atoms with E-state index in [4.69, 9.17) is 15.9 Å². The first-order chi connectivity index (χ1) is 11.8. The van der Waals surface area contributed by atoms with Gasteiger partial charge in [0.15, 0.2) is 6.04 Å². The molecular weight excluding hydrogens is 436 g/mol. The minimum Gasteiger partial charge on any atom is -0.468 e. The number of esters is 2. The van der Waals surface area contributed by atoms with E-state index in [0.717, 1.165) is 4.47 Å². The third kappa shape index (κ3) is 9.68. The summed E-state index contributed by atoms with van der Waals surface area (Å²) in [6, 6.07) is 4.69. The molecule has 0 aliphatic carbocycles. The molecule has 0 heterocycles. The average Bonchev–Trinajstić information content (AvgIpc) is 2.64. The van der Waals surface area contributed by atoms with Crippen molar-refractivity contribution in [2.75, 3.05) is 27.4 Å². The number of nitrogens with two attached hydrogens (primary N) is 1. The molecule has 0 spiro atoms. The third-order valence-electron chi connectivity index (χ3n) is 2.78. The summed E-state index contributed by atoms with van der Waals surface area (Å²) in [6.07, 6.45) is 0. The van der Waals surface area contributed by atoms with Crippen molar-refractivity contribution in [1.82, 2.24) is 5.32 Å². The summed E-state index contributed by atoms with van der Waals surface area (Å²) in [5, 5.41) is 19.5. The maximum absolute atomic E-state index is 11.7. The summed E-state index contributed by atoms with van der Waals surface area (Å²) in [5.41, 5.74) is 5.40. The molecule has 0 aliphatic rings. The van der Waals surface area contributed by atoms with Crippen molar-refractivity contribution in [1.29, 1.82) is 0 Å². The molecule has 11 heteroatoms. The van der Waals surface area contributed by atoms with E-state index in [1.54, 1.807) is 24.3 Å². The van der Waals surface area contributed by atoms with Gasteiger partial charge in [0.05, 0.1) is 27.4 Å². The van der Waals surface area contributed by atoms with E-state index in [9.17, 15) is 14.4 Å². The third-order valence-corrected chi connectivity index (χ3v) is 3.31. The Morgan fingerprint density at radius 1 is 1.08 bits per heavy atom. The van der Waals surface area contributed by atoms with E-state index in [2.05, 4.69) is 30.7 Å². The van der Waals surface area contributed by atoms with Crippen LogP contribution in [0.15, 0.2) is 28.7 Å². The van der Waals surface area contributed by atoms with Gasteiger partial charge in [-0.1, -0.05) is 15.9 Å². The Bertz CT molecular complexity index is 572. The van der Waals surface area contributed by atoms with E-state index in [1.165, 1.54) is 14.2 Å². The molecule has 5 N–H and O–H groups in total. The van der Waals surface area contributed by atoms with Crippen molar-refractivity contribution in [2.24, 2.45) is 5.73 Å². The van der Waals surface area contributed by atoms with Gasteiger partial charge in [-0.2, -0.15) is 0 Å². The average molecular weight is 458 g/mol. The Kier molecular flexibility index (Phi) is 14.7. The SMILES string of the molecule is COC(=O)[C@@H](N)CO.COC(=O)[C@H](CO)NC(=O)c1ccc(Br)cc1.Cl. The fourth-order valence-electron chi connectivity index (χ4n) is 1.39. The number of hydrogen-bond acceptors (Lipinski definition) is 8. The molecule has 1 aromatic rings. The molecule has 0 radical (unpaired) electrons. The quantitative estimate of drug-likeness (QED) is 0.422. The normalized spacial score (nSPS) is 11.6. The molecule has 0 aromatic heterocycles. The van der Waals surface area contributed by atoms with Crippen LogP contribution in [0.4, 0.5) is 0 Å². The molecule has 148 valence electrons. The molecule has 0 saturated carbocycles. The minimum absolute atomic E-state index is 0. The predicted molar refractivity (Wildman–Crippen MR) is 98.8 cm³/mol. The van der Waals surface area contributed by atoms with Crippen LogP contribution in [0.3, 0.4) is 0 Å². The van der Waals surface area contributed by atoms with Crippen molar-refractivity contribution < 1.29 is 34.1 Å². The fraction of sp³-hybridized carbons (Fsp3) is 0.400. The Hall–Kier alpha value is -1.72. The van der Waals surface area contributed by atoms with Crippen LogP contribution in [0.25, 0.3) is 0 Å². The highest BCUT2D eigenvalue weighted by Crippen LogP contribution is 2.10. The highest BCUT2D eigenvalue weighted by molar-refractivity contribution is 9.10. The number of carbonyl (C=O) groups is 3. The van der Waals surface area contributed by atoms with Gasteiger partial charge in [-0.3, -0.25) is 9.59 Å². The van der Waals surface area contributed by atoms with Crippen LogP contribution in [0.5, 0.6) is 0 Å². The van der Waals surface area contributed by atoms with Gasteiger partial charge in [0.1, 0.15) is 6.04 Å². The summed E-state index contributed by atoms with van der Waals surface area (Å²) < 4.78 is 9.46. The molecule has 9 nitrogen and oxygen atoms in total. The number of aliphatic hydroxyl groups is 2. The minimum atomic E-state index is -1.05. The molecule has 26 heavy (non-hydrogen) atoms. The van der Waals surface area contributed by atoms with E-state index in [0.29, 0.717) is 5.56 Å². The number of aliphatic hydroxyl groups excluding tert-OH is 2. The van der Waals surface area contributed by atoms with E-state index in [1.807, 2.05) is 0 Å². The Morgan fingerprint density at radius 3 is 1.92 bits per heavy atom. The number of hydrogen-bond donors (Lipinski definition) is 4. The van der Waals surface area contributed by atoms with Crippen LogP contribution in [0.2, 0.25) is 0 Å². The molecule has 0 bridgehead atoms. The maximum Gasteiger partial charge on any atom is 0.330 e. The second-order valence-electron chi connectivity index (χ2n) is 4.55. The van der Waals surface area contributed by atoms with Crippen molar-refractivity contribution in [2.45, 2.75) is 12.1 Å². The van der Waals surface area contributed by atoms with Gasteiger partial charge in [0.25, 0.3) is 5.91 Å². The summed E-state index contributed by atoms with van der Waals surface area (Å²) in [5.74, 6) is -1.72. The molecular formula is C15H22BrClN2O7. The summed E-state index contributed by atoms with van der Waals surface area (Å²) in [7, 11) is 2.41. The highest BCUT2D eigenvalue weighted by Gasteiger charge is 2.20. The number of carbonyl (C=O) groups excluding carboxylic acids is 3. The first-order valence-electron chi connectivity index (χ1n) is 7.00. The molecule has 0 saturated heterocycles. The standard InChI is InChI=1S/C11H12BrNO4.C4H9NO3.ClH/c1-17-11(16)9(6-14)13-10(15)7-2-4-8(12)5-3-7;1-8-4(7)3(5)2-6;/h2-5,9,14H,6H2,1H3,(H,13,15);3,6H,2,5H2,1H3;1H/t9-;3-;/m00./s1. The van der Waals surface area contributed by atoms with Crippen molar-refractivity contribution >= 4 is 46.2 Å². The monoisotopic (exact) mass is 456 g/mol. The lowest BCUT2D eigenvalue weighted by atomic mass is 10.2. The van der Waals surface area contributed by atoms with Gasteiger partial charge in [-0.15, -0.1) is 12.4 Å². The predicted octanol–water partition coefficient (Wildman–Crippen LogP) is -0.386. The van der Waals surface area contributed by atoms with Crippen LogP contribution in [-0.4, -0.2) is 67.6 Å². The van der Waals surface area contributed by atoms with E-state index < -0.39 is 36.5 Å². The topological polar surface area (TPSA) is 148 Å². The molecule has 0 unspecified atom stereocenters. The molecule has 2 atom stereocenters. The number of methoxy groups -OCH3 is 2. The van der Waals surface area contributed by atoms with Crippen LogP contribution in [0.1, 0.15) is 10.4 Å². The summed E-state index contributed by atoms with van der Waals surface area (Å²) in [4.78, 5) is 33.1. The van der Waals surface area contributed by atoms with E-state index >= 15 is 0 Å². The number of nitrogens with one attached hydrogen (secondary N) is 1. The lowest BCUT2D eigenvalue weighted by Crippen LogP contribution is -2.44. The van der Waals surface area contributed by atoms with Crippen molar-refractivity contribution in [3.63, 3.8) is 0 Å². The molecule has 0 fully saturated rings. The second-order valence-corrected chi connectivity index (χ2v) is 5.47. The van der Waals surface area contributed by atoms with Gasteiger partial charge < -0.3 is 30.7 Å². The van der Waals surface area contributed by atoms with Gasteiger partial charge in [0.2, 0.25) is 0 Å². The summed E-state index contributed by atoms with van der Waals surface area (Å²) in [6.45, 7) is -0.873. The number of ether oxygens (including phenoxy) is 2. The number of amides is 1. The van der Waals surface area contributed by atoms with Crippen LogP contribution in [0, 0.1) is 0 Å². The highest BCUT2D eigenvalue weighted by atomic mass is 79.9. The summed E-state index contributed by atoms with van der Waals surface area (Å²) >= 11 is 3.25. The van der Waals surface area contributed by atoms with Crippen LogP contribution >= 0.6 is 28.3 Å². The molecule has 1 aromatic carbocycles. The number of benzene rings is 1. The first-order valence-corrected chi connectivity index (χ1v) is 7.79. The fourth-order valence-corrected chi connectivity index (χ4v) is 1.65. The number of halogens is 2. The van der Waals surface area contributed by atoms with E-state index in [-0.39, 0.29) is 19.0 Å². The molecule has 1 rings (SSSR count). The smallest absolute Gasteiger partial charge is 0.330 e. The van der Waals surface area contributed by atoms with Gasteiger partial charge in [-0.25, -0.2) is 4.79 Å². The van der Waals surface area contributed by atoms with Gasteiger partial charge in [0, 0.05) is 10.0 Å². The van der Waals surface area contributed by atoms with Crippen molar-refractivity contribution in [3.05, 3.63) is 34.3 Å².